The standard InChI is InChI=1S/C21H25IN6O/c1-14-4-2-5-15-12-16(20(26-18(14)15)28-8-10-29-11-9-28)6-3-7-24-19-17(22)13-25-21(23)27-19/h2,4-5,12-13H,3,6-11H2,1H3,(H3,23,24,25,27). The van der Waals surface area contributed by atoms with Crippen molar-refractivity contribution in [2.24, 2.45) is 0 Å². The Morgan fingerprint density at radius 1 is 1.24 bits per heavy atom. The van der Waals surface area contributed by atoms with Crippen molar-refractivity contribution in [3.63, 3.8) is 0 Å². The van der Waals surface area contributed by atoms with Crippen molar-refractivity contribution >= 4 is 51.1 Å². The first-order valence-electron chi connectivity index (χ1n) is 9.85. The lowest BCUT2D eigenvalue weighted by atomic mass is 10.0. The van der Waals surface area contributed by atoms with Crippen LogP contribution in [0.2, 0.25) is 0 Å². The van der Waals surface area contributed by atoms with Gasteiger partial charge in [0, 0.05) is 31.2 Å². The summed E-state index contributed by atoms with van der Waals surface area (Å²) in [5.41, 5.74) is 9.28. The third-order valence-electron chi connectivity index (χ3n) is 5.09. The van der Waals surface area contributed by atoms with Crippen LogP contribution in [0, 0.1) is 10.5 Å². The maximum Gasteiger partial charge on any atom is 0.221 e. The van der Waals surface area contributed by atoms with Crippen LogP contribution in [-0.2, 0) is 11.2 Å². The largest absolute Gasteiger partial charge is 0.378 e. The first-order valence-corrected chi connectivity index (χ1v) is 10.9. The van der Waals surface area contributed by atoms with Gasteiger partial charge in [0.05, 0.1) is 22.3 Å². The van der Waals surface area contributed by atoms with Gasteiger partial charge in [0.25, 0.3) is 0 Å². The van der Waals surface area contributed by atoms with Gasteiger partial charge in [-0.2, -0.15) is 4.98 Å². The van der Waals surface area contributed by atoms with Crippen molar-refractivity contribution in [1.29, 1.82) is 0 Å². The van der Waals surface area contributed by atoms with E-state index in [-0.39, 0.29) is 5.95 Å². The Kier molecular flexibility index (Phi) is 6.29. The summed E-state index contributed by atoms with van der Waals surface area (Å²) in [5, 5.41) is 4.57. The highest BCUT2D eigenvalue weighted by atomic mass is 127. The molecule has 1 fully saturated rings. The predicted molar refractivity (Wildman–Crippen MR) is 125 cm³/mol. The van der Waals surface area contributed by atoms with E-state index in [4.69, 9.17) is 15.5 Å². The first-order chi connectivity index (χ1) is 14.1. The summed E-state index contributed by atoms with van der Waals surface area (Å²) in [6.07, 6.45) is 3.64. The molecule has 0 radical (unpaired) electrons. The molecule has 1 aliphatic rings. The summed E-state index contributed by atoms with van der Waals surface area (Å²) in [5.74, 6) is 2.17. The number of rotatable bonds is 6. The third-order valence-corrected chi connectivity index (χ3v) is 5.88. The number of aryl methyl sites for hydroxylation is 2. The number of benzene rings is 1. The number of fused-ring (bicyclic) bond motifs is 1. The van der Waals surface area contributed by atoms with Gasteiger partial charge in [0.2, 0.25) is 5.95 Å². The molecule has 0 saturated carbocycles. The molecule has 1 saturated heterocycles. The summed E-state index contributed by atoms with van der Waals surface area (Å²) in [4.78, 5) is 15.7. The minimum atomic E-state index is 0.289. The fraction of sp³-hybridized carbons (Fsp3) is 0.381. The van der Waals surface area contributed by atoms with Gasteiger partial charge in [0.15, 0.2) is 0 Å². The number of nitrogen functional groups attached to an aromatic ring is 1. The number of hydrogen-bond acceptors (Lipinski definition) is 7. The van der Waals surface area contributed by atoms with Crippen molar-refractivity contribution in [2.75, 3.05) is 48.8 Å². The molecule has 0 amide bonds. The van der Waals surface area contributed by atoms with Gasteiger partial charge in [-0.25, -0.2) is 9.97 Å². The molecule has 152 valence electrons. The molecule has 2 aromatic heterocycles. The molecule has 3 heterocycles. The Labute approximate surface area is 184 Å². The van der Waals surface area contributed by atoms with Gasteiger partial charge in [0.1, 0.15) is 11.6 Å². The lowest BCUT2D eigenvalue weighted by molar-refractivity contribution is 0.122. The Balaban J connectivity index is 1.52. The Morgan fingerprint density at radius 3 is 2.90 bits per heavy atom. The molecule has 0 unspecified atom stereocenters. The molecule has 4 rings (SSSR count). The van der Waals surface area contributed by atoms with Crippen LogP contribution in [0.1, 0.15) is 17.5 Å². The fourth-order valence-corrected chi connectivity index (χ4v) is 4.05. The Bertz CT molecular complexity index is 1010. The maximum absolute atomic E-state index is 5.70. The number of nitrogens with zero attached hydrogens (tertiary/aromatic N) is 4. The minimum absolute atomic E-state index is 0.289. The van der Waals surface area contributed by atoms with E-state index in [0.717, 1.165) is 66.4 Å². The second-order valence-corrected chi connectivity index (χ2v) is 8.33. The summed E-state index contributed by atoms with van der Waals surface area (Å²) in [6.45, 7) is 6.20. The van der Waals surface area contributed by atoms with Crippen molar-refractivity contribution < 1.29 is 4.74 Å². The average Bonchev–Trinajstić information content (AvgIpc) is 2.74. The van der Waals surface area contributed by atoms with Crippen molar-refractivity contribution in [3.05, 3.63) is 45.2 Å². The molecule has 1 aromatic carbocycles. The number of nitrogens with one attached hydrogen (secondary N) is 1. The van der Waals surface area contributed by atoms with Crippen LogP contribution in [0.15, 0.2) is 30.5 Å². The topological polar surface area (TPSA) is 89.2 Å². The molecule has 3 aromatic rings. The van der Waals surface area contributed by atoms with E-state index in [1.54, 1.807) is 6.20 Å². The van der Waals surface area contributed by atoms with Crippen LogP contribution in [0.5, 0.6) is 0 Å². The van der Waals surface area contributed by atoms with Gasteiger partial charge in [-0.15, -0.1) is 0 Å². The zero-order valence-electron chi connectivity index (χ0n) is 16.5. The number of para-hydroxylation sites is 1. The molecule has 3 N–H and O–H groups in total. The molecule has 1 aliphatic heterocycles. The second kappa shape index (κ2) is 9.08. The van der Waals surface area contributed by atoms with Crippen LogP contribution in [-0.4, -0.2) is 47.8 Å². The molecule has 0 spiro atoms. The van der Waals surface area contributed by atoms with Crippen molar-refractivity contribution in [1.82, 2.24) is 15.0 Å². The van der Waals surface area contributed by atoms with E-state index in [0.29, 0.717) is 0 Å². The van der Waals surface area contributed by atoms with E-state index >= 15 is 0 Å². The van der Waals surface area contributed by atoms with Crippen molar-refractivity contribution in [3.8, 4) is 0 Å². The van der Waals surface area contributed by atoms with E-state index in [2.05, 4.69) is 74.0 Å². The highest BCUT2D eigenvalue weighted by Gasteiger charge is 2.17. The van der Waals surface area contributed by atoms with E-state index in [9.17, 15) is 0 Å². The smallest absolute Gasteiger partial charge is 0.221 e. The number of hydrogen-bond donors (Lipinski definition) is 2. The summed E-state index contributed by atoms with van der Waals surface area (Å²) >= 11 is 2.22. The quantitative estimate of drug-likeness (QED) is 0.393. The Morgan fingerprint density at radius 2 is 2.07 bits per heavy atom. The number of morpholine rings is 1. The van der Waals surface area contributed by atoms with Gasteiger partial charge in [-0.3, -0.25) is 0 Å². The third kappa shape index (κ3) is 4.69. The number of halogens is 1. The number of ether oxygens (including phenoxy) is 1. The number of aromatic nitrogens is 3. The Hall–Kier alpha value is -2.20. The SMILES string of the molecule is Cc1cccc2cc(CCCNc3nc(N)ncc3I)c(N3CCOCC3)nc12. The molecule has 8 heteroatoms. The van der Waals surface area contributed by atoms with E-state index < -0.39 is 0 Å². The monoisotopic (exact) mass is 504 g/mol. The predicted octanol–water partition coefficient (Wildman–Crippen LogP) is 3.40. The minimum Gasteiger partial charge on any atom is -0.378 e. The molecular weight excluding hydrogens is 479 g/mol. The van der Waals surface area contributed by atoms with Crippen LogP contribution >= 0.6 is 22.6 Å². The molecule has 7 nitrogen and oxygen atoms in total. The average molecular weight is 504 g/mol. The fourth-order valence-electron chi connectivity index (χ4n) is 3.60. The molecule has 0 atom stereocenters. The molecular formula is C21H25IN6O. The van der Waals surface area contributed by atoms with Gasteiger partial charge < -0.3 is 20.7 Å². The lowest BCUT2D eigenvalue weighted by Crippen LogP contribution is -2.37. The van der Waals surface area contributed by atoms with Gasteiger partial charge in [-0.05, 0) is 59.5 Å². The molecule has 29 heavy (non-hydrogen) atoms. The number of pyridine rings is 1. The highest BCUT2D eigenvalue weighted by Crippen LogP contribution is 2.27. The van der Waals surface area contributed by atoms with E-state index in [1.165, 1.54) is 16.5 Å². The van der Waals surface area contributed by atoms with Gasteiger partial charge in [-0.1, -0.05) is 18.2 Å². The van der Waals surface area contributed by atoms with E-state index in [1.807, 2.05) is 0 Å². The second-order valence-electron chi connectivity index (χ2n) is 7.17. The lowest BCUT2D eigenvalue weighted by Gasteiger charge is -2.30. The summed E-state index contributed by atoms with van der Waals surface area (Å²) < 4.78 is 6.50. The zero-order chi connectivity index (χ0) is 20.2. The number of anilines is 3. The molecule has 0 aliphatic carbocycles. The zero-order valence-corrected chi connectivity index (χ0v) is 18.6. The summed E-state index contributed by atoms with van der Waals surface area (Å²) in [6, 6.07) is 8.66. The highest BCUT2D eigenvalue weighted by molar-refractivity contribution is 14.1. The number of nitrogens with two attached hydrogens (primary N) is 1. The maximum atomic E-state index is 5.70. The first kappa shape index (κ1) is 20.1. The van der Waals surface area contributed by atoms with Crippen LogP contribution in [0.4, 0.5) is 17.6 Å². The van der Waals surface area contributed by atoms with Crippen LogP contribution < -0.4 is 16.0 Å². The summed E-state index contributed by atoms with van der Waals surface area (Å²) in [7, 11) is 0. The normalized spacial score (nSPS) is 14.3. The van der Waals surface area contributed by atoms with Gasteiger partial charge >= 0.3 is 0 Å². The van der Waals surface area contributed by atoms with Crippen molar-refractivity contribution in [2.45, 2.75) is 19.8 Å². The molecule has 0 bridgehead atoms. The van der Waals surface area contributed by atoms with Crippen LogP contribution in [0.25, 0.3) is 10.9 Å². The van der Waals surface area contributed by atoms with Crippen LogP contribution in [0.3, 0.4) is 0 Å².